The van der Waals surface area contributed by atoms with Crippen molar-refractivity contribution in [1.29, 1.82) is 0 Å². The Morgan fingerprint density at radius 1 is 1.17 bits per heavy atom. The lowest BCUT2D eigenvalue weighted by atomic mass is 10.3. The van der Waals surface area contributed by atoms with Crippen molar-refractivity contribution in [2.75, 3.05) is 25.5 Å². The van der Waals surface area contributed by atoms with E-state index in [1.54, 1.807) is 11.3 Å². The molecule has 1 aromatic heterocycles. The van der Waals surface area contributed by atoms with Crippen LogP contribution in [0.4, 0.5) is 10.1 Å². The maximum Gasteiger partial charge on any atom is 0.275 e. The van der Waals surface area contributed by atoms with E-state index in [1.165, 1.54) is 34.7 Å². The van der Waals surface area contributed by atoms with Crippen molar-refractivity contribution in [3.05, 3.63) is 52.0 Å². The minimum absolute atomic E-state index is 0.110. The maximum atomic E-state index is 12.8. The van der Waals surface area contributed by atoms with Crippen LogP contribution >= 0.6 is 11.3 Å². The molecule has 1 aromatic carbocycles. The van der Waals surface area contributed by atoms with Crippen molar-refractivity contribution in [1.82, 2.24) is 5.32 Å². The molecule has 0 spiro atoms. The molecule has 24 heavy (non-hydrogen) atoms. The lowest BCUT2D eigenvalue weighted by Crippen LogP contribution is -3.08. The molecule has 0 aliphatic rings. The number of likely N-dealkylation sites (N-methyl/N-ethyl adjacent to an activating group) is 1. The zero-order chi connectivity index (χ0) is 17.5. The molecule has 7 heteroatoms. The fourth-order valence-electron chi connectivity index (χ4n) is 2.18. The molecular weight excluding hydrogens is 329 g/mol. The third kappa shape index (κ3) is 5.75. The van der Waals surface area contributed by atoms with E-state index in [0.717, 1.165) is 11.4 Å². The highest BCUT2D eigenvalue weighted by molar-refractivity contribution is 7.10. The molecule has 1 unspecified atom stereocenters. The van der Waals surface area contributed by atoms with Gasteiger partial charge >= 0.3 is 0 Å². The molecule has 5 nitrogen and oxygen atoms in total. The van der Waals surface area contributed by atoms with Crippen molar-refractivity contribution >= 4 is 28.8 Å². The Kier molecular flexibility index (Phi) is 6.45. The zero-order valence-corrected chi connectivity index (χ0v) is 14.5. The summed E-state index contributed by atoms with van der Waals surface area (Å²) in [4.78, 5) is 26.0. The number of quaternary nitrogens is 1. The summed E-state index contributed by atoms with van der Waals surface area (Å²) in [6.07, 6.45) is 0. The van der Waals surface area contributed by atoms with Crippen LogP contribution in [0.25, 0.3) is 0 Å². The van der Waals surface area contributed by atoms with Crippen LogP contribution in [0.2, 0.25) is 0 Å². The van der Waals surface area contributed by atoms with E-state index < -0.39 is 0 Å². The smallest absolute Gasteiger partial charge is 0.275 e. The first kappa shape index (κ1) is 18.1. The summed E-state index contributed by atoms with van der Waals surface area (Å²) in [5.41, 5.74) is 1.73. The summed E-state index contributed by atoms with van der Waals surface area (Å²) in [5, 5.41) is 7.23. The molecule has 128 valence electrons. The van der Waals surface area contributed by atoms with Crippen LogP contribution in [0, 0.1) is 12.7 Å². The van der Waals surface area contributed by atoms with Crippen LogP contribution in [-0.2, 0) is 16.1 Å². The average molecular weight is 350 g/mol. The molecule has 1 atom stereocenters. The van der Waals surface area contributed by atoms with Gasteiger partial charge in [-0.1, -0.05) is 0 Å². The van der Waals surface area contributed by atoms with Gasteiger partial charge in [0.15, 0.2) is 6.54 Å². The third-order valence-electron chi connectivity index (χ3n) is 3.47. The molecule has 2 aromatic rings. The molecule has 0 radical (unpaired) electrons. The Bertz CT molecular complexity index is 700. The van der Waals surface area contributed by atoms with Crippen LogP contribution in [0.15, 0.2) is 35.7 Å². The van der Waals surface area contributed by atoms with Gasteiger partial charge in [0.1, 0.15) is 12.4 Å². The van der Waals surface area contributed by atoms with E-state index in [1.807, 2.05) is 12.4 Å². The van der Waals surface area contributed by atoms with Gasteiger partial charge in [0.25, 0.3) is 5.91 Å². The molecule has 3 N–H and O–H groups in total. The van der Waals surface area contributed by atoms with Crippen LogP contribution in [0.5, 0.6) is 0 Å². The minimum atomic E-state index is -0.367. The Balaban J connectivity index is 1.71. The van der Waals surface area contributed by atoms with Gasteiger partial charge in [-0.25, -0.2) is 4.39 Å². The standard InChI is InChI=1S/C17H20FN3O2S/c1-12-7-8-24-15(12)10-21(2)11-17(23)19-9-16(22)20-14-5-3-13(18)4-6-14/h3-8H,9-11H2,1-2H3,(H,19,23)(H,20,22)/p+1. The molecule has 0 aliphatic heterocycles. The van der Waals surface area contributed by atoms with E-state index >= 15 is 0 Å². The fraction of sp³-hybridized carbons (Fsp3) is 0.294. The number of hydrogen-bond donors (Lipinski definition) is 3. The Labute approximate surface area is 144 Å². The van der Waals surface area contributed by atoms with E-state index in [2.05, 4.69) is 23.6 Å². The number of rotatable bonds is 7. The summed E-state index contributed by atoms with van der Waals surface area (Å²) >= 11 is 1.68. The number of hydrogen-bond acceptors (Lipinski definition) is 3. The first-order chi connectivity index (χ1) is 11.4. The van der Waals surface area contributed by atoms with Crippen LogP contribution < -0.4 is 15.5 Å². The number of anilines is 1. The number of nitrogens with one attached hydrogen (secondary N) is 3. The average Bonchev–Trinajstić information content (AvgIpc) is 2.92. The van der Waals surface area contributed by atoms with E-state index in [0.29, 0.717) is 12.2 Å². The lowest BCUT2D eigenvalue weighted by Gasteiger charge is -2.13. The number of benzene rings is 1. The number of aryl methyl sites for hydroxylation is 1. The summed E-state index contributed by atoms with van der Waals surface area (Å²) in [7, 11) is 1.94. The zero-order valence-electron chi connectivity index (χ0n) is 13.7. The predicted molar refractivity (Wildman–Crippen MR) is 92.6 cm³/mol. The monoisotopic (exact) mass is 350 g/mol. The second-order valence-electron chi connectivity index (χ2n) is 5.67. The normalized spacial score (nSPS) is 11.8. The van der Waals surface area contributed by atoms with Gasteiger partial charge in [0, 0.05) is 5.69 Å². The van der Waals surface area contributed by atoms with Crippen molar-refractivity contribution in [3.63, 3.8) is 0 Å². The van der Waals surface area contributed by atoms with Gasteiger partial charge in [0.05, 0.1) is 18.5 Å². The molecule has 0 saturated carbocycles. The van der Waals surface area contributed by atoms with Gasteiger partial charge in [0.2, 0.25) is 5.91 Å². The van der Waals surface area contributed by atoms with Crippen molar-refractivity contribution in [3.8, 4) is 0 Å². The van der Waals surface area contributed by atoms with Crippen molar-refractivity contribution in [2.24, 2.45) is 0 Å². The first-order valence-electron chi connectivity index (χ1n) is 7.60. The molecule has 2 rings (SSSR count). The summed E-state index contributed by atoms with van der Waals surface area (Å²) < 4.78 is 12.8. The van der Waals surface area contributed by atoms with E-state index in [4.69, 9.17) is 0 Å². The highest BCUT2D eigenvalue weighted by Crippen LogP contribution is 2.13. The van der Waals surface area contributed by atoms with Crippen LogP contribution in [-0.4, -0.2) is 32.0 Å². The molecule has 0 bridgehead atoms. The Morgan fingerprint density at radius 3 is 2.50 bits per heavy atom. The van der Waals surface area contributed by atoms with Crippen LogP contribution in [0.1, 0.15) is 10.4 Å². The molecule has 0 fully saturated rings. The van der Waals surface area contributed by atoms with Gasteiger partial charge in [-0.05, 0) is 48.2 Å². The quantitative estimate of drug-likeness (QED) is 0.697. The highest BCUT2D eigenvalue weighted by Gasteiger charge is 2.13. The fourth-order valence-corrected chi connectivity index (χ4v) is 3.20. The van der Waals surface area contributed by atoms with Crippen LogP contribution in [0.3, 0.4) is 0 Å². The number of carbonyl (C=O) groups excluding carboxylic acids is 2. The summed E-state index contributed by atoms with van der Waals surface area (Å²) in [5.74, 6) is -0.897. The van der Waals surface area contributed by atoms with Crippen molar-refractivity contribution in [2.45, 2.75) is 13.5 Å². The van der Waals surface area contributed by atoms with Gasteiger partial charge in [-0.3, -0.25) is 9.59 Å². The van der Waals surface area contributed by atoms with E-state index in [9.17, 15) is 14.0 Å². The SMILES string of the molecule is Cc1ccsc1C[NH+](C)CC(=O)NCC(=O)Nc1ccc(F)cc1. The second-order valence-corrected chi connectivity index (χ2v) is 6.67. The summed E-state index contributed by atoms with van der Waals surface area (Å²) in [6, 6.07) is 7.53. The highest BCUT2D eigenvalue weighted by atomic mass is 32.1. The largest absolute Gasteiger partial charge is 0.342 e. The minimum Gasteiger partial charge on any atom is -0.342 e. The second kappa shape index (κ2) is 8.56. The molecule has 1 heterocycles. The van der Waals surface area contributed by atoms with Gasteiger partial charge in [-0.2, -0.15) is 0 Å². The molecular formula is C17H21FN3O2S+. The molecule has 0 aliphatic carbocycles. The Morgan fingerprint density at radius 2 is 1.88 bits per heavy atom. The maximum absolute atomic E-state index is 12.8. The molecule has 0 saturated heterocycles. The molecule has 2 amide bonds. The number of amides is 2. The third-order valence-corrected chi connectivity index (χ3v) is 4.49. The number of carbonyl (C=O) groups is 2. The number of thiophene rings is 1. The van der Waals surface area contributed by atoms with Gasteiger partial charge < -0.3 is 15.5 Å². The van der Waals surface area contributed by atoms with Crippen molar-refractivity contribution < 1.29 is 18.9 Å². The predicted octanol–water partition coefficient (Wildman–Crippen LogP) is 0.965. The first-order valence-corrected chi connectivity index (χ1v) is 8.48. The number of halogens is 1. The topological polar surface area (TPSA) is 62.6 Å². The van der Waals surface area contributed by atoms with E-state index in [-0.39, 0.29) is 24.2 Å². The van der Waals surface area contributed by atoms with Gasteiger partial charge in [-0.15, -0.1) is 11.3 Å². The summed E-state index contributed by atoms with van der Waals surface area (Å²) in [6.45, 7) is 3.01. The Hall–Kier alpha value is -2.25. The lowest BCUT2D eigenvalue weighted by molar-refractivity contribution is -0.885.